The third-order valence-corrected chi connectivity index (χ3v) is 4.18. The number of para-hydroxylation sites is 2. The first-order valence-electron chi connectivity index (χ1n) is 7.64. The Morgan fingerprint density at radius 1 is 1.38 bits per heavy atom. The van der Waals surface area contributed by atoms with Crippen molar-refractivity contribution in [1.82, 2.24) is 5.32 Å². The summed E-state index contributed by atoms with van der Waals surface area (Å²) in [6, 6.07) is 7.43. The summed E-state index contributed by atoms with van der Waals surface area (Å²) in [6.45, 7) is 4.24. The van der Waals surface area contributed by atoms with Crippen molar-refractivity contribution in [3.05, 3.63) is 24.3 Å². The SMILES string of the molecule is CCC(C)C1CN(c2ccccc2OC(F)F)CCCN1. The molecule has 0 aliphatic carbocycles. The number of benzene rings is 1. The van der Waals surface area contributed by atoms with E-state index in [2.05, 4.69) is 28.8 Å². The molecule has 0 spiro atoms. The van der Waals surface area contributed by atoms with Gasteiger partial charge in [0.1, 0.15) is 5.75 Å². The molecule has 0 amide bonds. The lowest BCUT2D eigenvalue weighted by molar-refractivity contribution is -0.0495. The molecule has 0 aromatic heterocycles. The van der Waals surface area contributed by atoms with Gasteiger partial charge in [-0.15, -0.1) is 0 Å². The van der Waals surface area contributed by atoms with Crippen LogP contribution in [-0.2, 0) is 0 Å². The van der Waals surface area contributed by atoms with E-state index in [0.717, 1.165) is 38.2 Å². The minimum absolute atomic E-state index is 0.261. The molecular formula is C16H24F2N2O. The largest absolute Gasteiger partial charge is 0.433 e. The van der Waals surface area contributed by atoms with Crippen LogP contribution in [0.2, 0.25) is 0 Å². The average molecular weight is 298 g/mol. The number of ether oxygens (including phenoxy) is 1. The van der Waals surface area contributed by atoms with Crippen molar-refractivity contribution in [2.24, 2.45) is 5.92 Å². The number of alkyl halides is 2. The van der Waals surface area contributed by atoms with Crippen molar-refractivity contribution in [3.63, 3.8) is 0 Å². The summed E-state index contributed by atoms with van der Waals surface area (Å²) >= 11 is 0. The molecule has 1 aromatic carbocycles. The van der Waals surface area contributed by atoms with E-state index >= 15 is 0 Å². The molecule has 1 aliphatic heterocycles. The molecule has 2 unspecified atom stereocenters. The summed E-state index contributed by atoms with van der Waals surface area (Å²) in [7, 11) is 0. The molecule has 0 radical (unpaired) electrons. The monoisotopic (exact) mass is 298 g/mol. The van der Waals surface area contributed by atoms with E-state index < -0.39 is 6.61 Å². The number of hydrogen-bond donors (Lipinski definition) is 1. The van der Waals surface area contributed by atoms with Crippen LogP contribution in [0.3, 0.4) is 0 Å². The maximum absolute atomic E-state index is 12.6. The second-order valence-electron chi connectivity index (χ2n) is 5.59. The van der Waals surface area contributed by atoms with Gasteiger partial charge in [0.05, 0.1) is 5.69 Å². The molecule has 0 bridgehead atoms. The van der Waals surface area contributed by atoms with E-state index in [4.69, 9.17) is 0 Å². The van der Waals surface area contributed by atoms with Crippen LogP contribution in [-0.4, -0.2) is 32.3 Å². The van der Waals surface area contributed by atoms with Gasteiger partial charge in [0.25, 0.3) is 0 Å². The summed E-state index contributed by atoms with van der Waals surface area (Å²) in [5.41, 5.74) is 0.759. The van der Waals surface area contributed by atoms with Crippen LogP contribution in [0.5, 0.6) is 5.75 Å². The van der Waals surface area contributed by atoms with Crippen molar-refractivity contribution in [2.75, 3.05) is 24.5 Å². The zero-order valence-electron chi connectivity index (χ0n) is 12.7. The number of hydrogen-bond acceptors (Lipinski definition) is 3. The lowest BCUT2D eigenvalue weighted by atomic mass is 9.99. The molecule has 1 aliphatic rings. The molecule has 1 fully saturated rings. The molecule has 21 heavy (non-hydrogen) atoms. The summed E-state index contributed by atoms with van der Waals surface area (Å²) in [5.74, 6) is 0.811. The van der Waals surface area contributed by atoms with Crippen LogP contribution < -0.4 is 15.0 Å². The van der Waals surface area contributed by atoms with Crippen molar-refractivity contribution in [2.45, 2.75) is 39.3 Å². The van der Waals surface area contributed by atoms with Crippen LogP contribution in [0.4, 0.5) is 14.5 Å². The highest BCUT2D eigenvalue weighted by Crippen LogP contribution is 2.30. The Morgan fingerprint density at radius 3 is 2.86 bits per heavy atom. The lowest BCUT2D eigenvalue weighted by Gasteiger charge is -2.30. The van der Waals surface area contributed by atoms with Gasteiger partial charge in [-0.2, -0.15) is 8.78 Å². The Morgan fingerprint density at radius 2 is 2.14 bits per heavy atom. The Kier molecular flexibility index (Phi) is 5.79. The molecule has 2 atom stereocenters. The normalized spacial score (nSPS) is 21.2. The maximum atomic E-state index is 12.6. The van der Waals surface area contributed by atoms with Crippen LogP contribution in [0.15, 0.2) is 24.3 Å². The minimum atomic E-state index is -2.79. The standard InChI is InChI=1S/C16H24F2N2O/c1-3-12(2)13-11-20(10-6-9-19-13)14-7-4-5-8-15(14)21-16(17)18/h4-5,7-8,12-13,16,19H,3,6,9-11H2,1-2H3. The highest BCUT2D eigenvalue weighted by atomic mass is 19.3. The Bertz CT molecular complexity index is 442. The predicted molar refractivity (Wildman–Crippen MR) is 81.1 cm³/mol. The second-order valence-corrected chi connectivity index (χ2v) is 5.59. The first-order valence-corrected chi connectivity index (χ1v) is 7.64. The Balaban J connectivity index is 2.19. The quantitative estimate of drug-likeness (QED) is 0.900. The lowest BCUT2D eigenvalue weighted by Crippen LogP contribution is -2.42. The van der Waals surface area contributed by atoms with Gasteiger partial charge >= 0.3 is 6.61 Å². The fourth-order valence-corrected chi connectivity index (χ4v) is 2.75. The molecule has 0 saturated carbocycles. The van der Waals surface area contributed by atoms with Crippen LogP contribution in [0.25, 0.3) is 0 Å². The first-order chi connectivity index (χ1) is 10.1. The summed E-state index contributed by atoms with van der Waals surface area (Å²) in [6.07, 6.45) is 2.09. The van der Waals surface area contributed by atoms with Gasteiger partial charge in [0.15, 0.2) is 0 Å². The predicted octanol–water partition coefficient (Wildman–Crippen LogP) is 3.50. The zero-order chi connectivity index (χ0) is 15.2. The number of anilines is 1. The van der Waals surface area contributed by atoms with E-state index in [0.29, 0.717) is 12.0 Å². The minimum Gasteiger partial charge on any atom is -0.433 e. The molecule has 1 aromatic rings. The molecule has 3 nitrogen and oxygen atoms in total. The van der Waals surface area contributed by atoms with Gasteiger partial charge in [-0.05, 0) is 31.0 Å². The van der Waals surface area contributed by atoms with E-state index in [9.17, 15) is 8.78 Å². The first kappa shape index (κ1) is 16.0. The van der Waals surface area contributed by atoms with E-state index in [1.165, 1.54) is 0 Å². The van der Waals surface area contributed by atoms with E-state index in [1.807, 2.05) is 12.1 Å². The second kappa shape index (κ2) is 7.59. The van der Waals surface area contributed by atoms with Crippen LogP contribution >= 0.6 is 0 Å². The molecule has 2 rings (SSSR count). The van der Waals surface area contributed by atoms with Crippen LogP contribution in [0, 0.1) is 5.92 Å². The number of rotatable bonds is 5. The van der Waals surface area contributed by atoms with Crippen molar-refractivity contribution < 1.29 is 13.5 Å². The van der Waals surface area contributed by atoms with Gasteiger partial charge < -0.3 is 15.0 Å². The van der Waals surface area contributed by atoms with Crippen molar-refractivity contribution in [3.8, 4) is 5.75 Å². The Hall–Kier alpha value is -1.36. The van der Waals surface area contributed by atoms with Crippen molar-refractivity contribution >= 4 is 5.69 Å². The van der Waals surface area contributed by atoms with Gasteiger partial charge in [-0.3, -0.25) is 0 Å². The molecule has 1 heterocycles. The average Bonchev–Trinajstić information content (AvgIpc) is 2.72. The fourth-order valence-electron chi connectivity index (χ4n) is 2.75. The highest BCUT2D eigenvalue weighted by molar-refractivity contribution is 5.58. The number of nitrogens with one attached hydrogen (secondary N) is 1. The highest BCUT2D eigenvalue weighted by Gasteiger charge is 2.24. The number of halogens is 2. The fraction of sp³-hybridized carbons (Fsp3) is 0.625. The smallest absolute Gasteiger partial charge is 0.387 e. The van der Waals surface area contributed by atoms with Gasteiger partial charge in [-0.25, -0.2) is 0 Å². The van der Waals surface area contributed by atoms with E-state index in [1.54, 1.807) is 12.1 Å². The molecule has 5 heteroatoms. The van der Waals surface area contributed by atoms with Gasteiger partial charge in [0, 0.05) is 19.1 Å². The molecule has 1 N–H and O–H groups in total. The molecule has 118 valence electrons. The third-order valence-electron chi connectivity index (χ3n) is 4.18. The summed E-state index contributed by atoms with van der Waals surface area (Å²) in [4.78, 5) is 2.16. The number of nitrogens with zero attached hydrogens (tertiary/aromatic N) is 1. The third kappa shape index (κ3) is 4.30. The van der Waals surface area contributed by atoms with Crippen LogP contribution in [0.1, 0.15) is 26.7 Å². The van der Waals surface area contributed by atoms with Gasteiger partial charge in [-0.1, -0.05) is 32.4 Å². The van der Waals surface area contributed by atoms with E-state index in [-0.39, 0.29) is 5.75 Å². The topological polar surface area (TPSA) is 24.5 Å². The molecule has 1 saturated heterocycles. The Labute approximate surface area is 125 Å². The maximum Gasteiger partial charge on any atom is 0.387 e. The van der Waals surface area contributed by atoms with Crippen molar-refractivity contribution in [1.29, 1.82) is 0 Å². The molecular weight excluding hydrogens is 274 g/mol. The van der Waals surface area contributed by atoms with Gasteiger partial charge in [0.2, 0.25) is 0 Å². The summed E-state index contributed by atoms with van der Waals surface area (Å²) in [5, 5.41) is 3.56. The summed E-state index contributed by atoms with van der Waals surface area (Å²) < 4.78 is 29.8. The zero-order valence-corrected chi connectivity index (χ0v) is 12.7.